The van der Waals surface area contributed by atoms with Crippen molar-refractivity contribution in [3.8, 4) is 5.75 Å². The normalized spacial score (nSPS) is 12.0. The van der Waals surface area contributed by atoms with Crippen molar-refractivity contribution in [2.24, 2.45) is 5.92 Å². The molecule has 1 N–H and O–H groups in total. The molecule has 0 spiro atoms. The third-order valence-corrected chi connectivity index (χ3v) is 7.87. The predicted molar refractivity (Wildman–Crippen MR) is 153 cm³/mol. The minimum absolute atomic E-state index is 0.0430. The summed E-state index contributed by atoms with van der Waals surface area (Å²) in [6.45, 7) is 7.83. The van der Waals surface area contributed by atoms with Crippen molar-refractivity contribution < 1.29 is 22.7 Å². The molecule has 0 fully saturated rings. The first kappa shape index (κ1) is 29.7. The Morgan fingerprint density at radius 3 is 2.08 bits per heavy atom. The van der Waals surface area contributed by atoms with Gasteiger partial charge in [0.2, 0.25) is 11.8 Å². The van der Waals surface area contributed by atoms with Crippen LogP contribution in [0, 0.1) is 5.92 Å². The number of nitrogens with one attached hydrogen (secondary N) is 1. The Bertz CT molecular complexity index is 1330. The average molecular weight is 552 g/mol. The number of amides is 2. The van der Waals surface area contributed by atoms with E-state index in [-0.39, 0.29) is 29.0 Å². The Balaban J connectivity index is 2.03. The molecular formula is C30H37N3O5S. The van der Waals surface area contributed by atoms with Crippen molar-refractivity contribution in [2.45, 2.75) is 45.2 Å². The smallest absolute Gasteiger partial charge is 0.264 e. The van der Waals surface area contributed by atoms with Crippen LogP contribution in [-0.4, -0.2) is 50.9 Å². The number of para-hydroxylation sites is 2. The molecule has 8 nitrogen and oxygen atoms in total. The van der Waals surface area contributed by atoms with E-state index in [4.69, 9.17) is 4.74 Å². The number of carbonyl (C=O) groups is 2. The first-order valence-corrected chi connectivity index (χ1v) is 14.5. The molecule has 3 aromatic rings. The quantitative estimate of drug-likeness (QED) is 0.338. The lowest BCUT2D eigenvalue weighted by Gasteiger charge is -2.32. The maximum atomic E-state index is 14.0. The van der Waals surface area contributed by atoms with Crippen LogP contribution in [0.15, 0.2) is 89.8 Å². The molecule has 0 aliphatic carbocycles. The third kappa shape index (κ3) is 7.83. The predicted octanol–water partition coefficient (Wildman–Crippen LogP) is 4.47. The van der Waals surface area contributed by atoms with Gasteiger partial charge in [0.25, 0.3) is 10.0 Å². The fourth-order valence-corrected chi connectivity index (χ4v) is 5.43. The zero-order valence-electron chi connectivity index (χ0n) is 22.9. The maximum Gasteiger partial charge on any atom is 0.264 e. The van der Waals surface area contributed by atoms with Crippen molar-refractivity contribution in [3.63, 3.8) is 0 Å². The van der Waals surface area contributed by atoms with E-state index in [2.05, 4.69) is 5.32 Å². The van der Waals surface area contributed by atoms with E-state index in [9.17, 15) is 18.0 Å². The maximum absolute atomic E-state index is 14.0. The van der Waals surface area contributed by atoms with Crippen LogP contribution < -0.4 is 14.4 Å². The zero-order chi connectivity index (χ0) is 28.4. The summed E-state index contributed by atoms with van der Waals surface area (Å²) in [6.07, 6.45) is 0. The lowest BCUT2D eigenvalue weighted by molar-refractivity contribution is -0.139. The molecule has 39 heavy (non-hydrogen) atoms. The Hall–Kier alpha value is -3.85. The van der Waals surface area contributed by atoms with Gasteiger partial charge in [0.1, 0.15) is 18.3 Å². The van der Waals surface area contributed by atoms with Crippen LogP contribution in [0.25, 0.3) is 0 Å². The van der Waals surface area contributed by atoms with Crippen molar-refractivity contribution in [2.75, 3.05) is 24.0 Å². The van der Waals surface area contributed by atoms with Crippen molar-refractivity contribution in [1.29, 1.82) is 0 Å². The molecule has 2 amide bonds. The SMILES string of the molecule is CCOc1ccccc1N(CC(=O)N(Cc1ccccc1)[C@H](C)C(=O)NCC(C)C)S(=O)(=O)c1ccccc1. The molecule has 9 heteroatoms. The number of carbonyl (C=O) groups excluding carboxylic acids is 2. The van der Waals surface area contributed by atoms with Gasteiger partial charge in [-0.05, 0) is 49.6 Å². The molecule has 0 saturated heterocycles. The van der Waals surface area contributed by atoms with Gasteiger partial charge in [0.05, 0.1) is 17.2 Å². The van der Waals surface area contributed by atoms with E-state index >= 15 is 0 Å². The first-order valence-electron chi connectivity index (χ1n) is 13.1. The van der Waals surface area contributed by atoms with E-state index < -0.39 is 28.5 Å². The van der Waals surface area contributed by atoms with Gasteiger partial charge in [-0.25, -0.2) is 8.42 Å². The summed E-state index contributed by atoms with van der Waals surface area (Å²) in [5.74, 6) is -0.248. The second-order valence-electron chi connectivity index (χ2n) is 9.55. The number of hydrogen-bond donors (Lipinski definition) is 1. The number of hydrogen-bond acceptors (Lipinski definition) is 5. The van der Waals surface area contributed by atoms with E-state index in [1.165, 1.54) is 17.0 Å². The highest BCUT2D eigenvalue weighted by atomic mass is 32.2. The molecule has 0 heterocycles. The molecule has 0 aliphatic heterocycles. The Morgan fingerprint density at radius 1 is 0.872 bits per heavy atom. The largest absolute Gasteiger partial charge is 0.492 e. The summed E-state index contributed by atoms with van der Waals surface area (Å²) in [5.41, 5.74) is 1.06. The van der Waals surface area contributed by atoms with Crippen LogP contribution in [-0.2, 0) is 26.2 Å². The minimum atomic E-state index is -4.16. The summed E-state index contributed by atoms with van der Waals surface area (Å²) in [4.78, 5) is 28.5. The van der Waals surface area contributed by atoms with Gasteiger partial charge in [-0.1, -0.05) is 74.5 Å². The zero-order valence-corrected chi connectivity index (χ0v) is 23.7. The molecule has 0 aliphatic rings. The average Bonchev–Trinajstić information content (AvgIpc) is 2.94. The molecule has 0 bridgehead atoms. The van der Waals surface area contributed by atoms with Crippen LogP contribution in [0.1, 0.15) is 33.3 Å². The number of sulfonamides is 1. The molecule has 3 rings (SSSR count). The van der Waals surface area contributed by atoms with Crippen LogP contribution in [0.3, 0.4) is 0 Å². The highest BCUT2D eigenvalue weighted by Crippen LogP contribution is 2.32. The monoisotopic (exact) mass is 551 g/mol. The molecule has 208 valence electrons. The van der Waals surface area contributed by atoms with Gasteiger partial charge in [-0.2, -0.15) is 0 Å². The fourth-order valence-electron chi connectivity index (χ4n) is 3.99. The Kier molecular flexibility index (Phi) is 10.5. The molecule has 1 atom stereocenters. The highest BCUT2D eigenvalue weighted by Gasteiger charge is 2.33. The molecule has 3 aromatic carbocycles. The van der Waals surface area contributed by atoms with Gasteiger partial charge in [0.15, 0.2) is 0 Å². The van der Waals surface area contributed by atoms with E-state index in [0.717, 1.165) is 9.87 Å². The third-order valence-electron chi connectivity index (χ3n) is 6.09. The van der Waals surface area contributed by atoms with Gasteiger partial charge in [-0.3, -0.25) is 13.9 Å². The van der Waals surface area contributed by atoms with Crippen molar-refractivity contribution in [1.82, 2.24) is 10.2 Å². The highest BCUT2D eigenvalue weighted by molar-refractivity contribution is 7.92. The van der Waals surface area contributed by atoms with Gasteiger partial charge >= 0.3 is 0 Å². The molecule has 0 aromatic heterocycles. The van der Waals surface area contributed by atoms with E-state index in [1.54, 1.807) is 56.3 Å². The number of ether oxygens (including phenoxy) is 1. The Morgan fingerprint density at radius 2 is 1.46 bits per heavy atom. The number of nitrogens with zero attached hydrogens (tertiary/aromatic N) is 2. The number of benzene rings is 3. The molecular weight excluding hydrogens is 514 g/mol. The van der Waals surface area contributed by atoms with Crippen LogP contribution in [0.2, 0.25) is 0 Å². The minimum Gasteiger partial charge on any atom is -0.492 e. The number of rotatable bonds is 13. The summed E-state index contributed by atoms with van der Waals surface area (Å²) >= 11 is 0. The first-order chi connectivity index (χ1) is 18.6. The summed E-state index contributed by atoms with van der Waals surface area (Å²) < 4.78 is 34.6. The summed E-state index contributed by atoms with van der Waals surface area (Å²) in [6, 6.07) is 23.1. The second-order valence-corrected chi connectivity index (χ2v) is 11.4. The molecule has 0 unspecified atom stereocenters. The second kappa shape index (κ2) is 13.8. The van der Waals surface area contributed by atoms with Gasteiger partial charge in [-0.15, -0.1) is 0 Å². The standard InChI is InChI=1S/C30H37N3O5S/c1-5-38-28-19-13-12-18-27(28)33(39(36,37)26-16-10-7-11-17-26)22-29(34)32(21-25-14-8-6-9-15-25)24(4)30(35)31-20-23(2)3/h6-19,23-24H,5,20-22H2,1-4H3,(H,31,35)/t24-/m1/s1. The van der Waals surface area contributed by atoms with Crippen molar-refractivity contribution in [3.05, 3.63) is 90.5 Å². The lowest BCUT2D eigenvalue weighted by Crippen LogP contribution is -2.51. The van der Waals surface area contributed by atoms with Crippen molar-refractivity contribution >= 4 is 27.5 Å². The van der Waals surface area contributed by atoms with E-state index in [0.29, 0.717) is 18.9 Å². The van der Waals surface area contributed by atoms with Gasteiger partial charge in [0, 0.05) is 13.1 Å². The van der Waals surface area contributed by atoms with Gasteiger partial charge < -0.3 is 15.0 Å². The molecule has 0 saturated carbocycles. The van der Waals surface area contributed by atoms with Crippen LogP contribution in [0.4, 0.5) is 5.69 Å². The summed E-state index contributed by atoms with van der Waals surface area (Å²) in [7, 11) is -4.16. The fraction of sp³-hybridized carbons (Fsp3) is 0.333. The van der Waals surface area contributed by atoms with E-state index in [1.807, 2.05) is 44.2 Å². The summed E-state index contributed by atoms with van der Waals surface area (Å²) in [5, 5.41) is 2.89. The lowest BCUT2D eigenvalue weighted by atomic mass is 10.1. The van der Waals surface area contributed by atoms with Crippen LogP contribution in [0.5, 0.6) is 5.75 Å². The molecule has 0 radical (unpaired) electrons. The topological polar surface area (TPSA) is 96.0 Å². The van der Waals surface area contributed by atoms with Crippen LogP contribution >= 0.6 is 0 Å². The number of anilines is 1. The Labute approximate surface area is 231 Å².